The minimum absolute atomic E-state index is 0.0330. The fraction of sp³-hybridized carbons (Fsp3) is 0.263. The molecule has 26 heavy (non-hydrogen) atoms. The summed E-state index contributed by atoms with van der Waals surface area (Å²) in [4.78, 5) is 22.6. The number of aromatic nitrogens is 3. The molecule has 0 aliphatic carbocycles. The molecular formula is C19H18N4O3. The zero-order valence-electron chi connectivity index (χ0n) is 14.1. The number of hydrogen-bond donors (Lipinski definition) is 0. The van der Waals surface area contributed by atoms with E-state index in [9.17, 15) is 4.79 Å². The molecule has 0 saturated carbocycles. The maximum atomic E-state index is 12.4. The molecule has 1 aromatic carbocycles. The summed E-state index contributed by atoms with van der Waals surface area (Å²) in [6.45, 7) is 1.28. The topological polar surface area (TPSA) is 81.4 Å². The van der Waals surface area contributed by atoms with Crippen molar-refractivity contribution in [1.29, 1.82) is 0 Å². The van der Waals surface area contributed by atoms with Crippen LogP contribution in [0, 0.1) is 0 Å². The monoisotopic (exact) mass is 350 g/mol. The Kier molecular flexibility index (Phi) is 4.59. The van der Waals surface area contributed by atoms with E-state index in [0.29, 0.717) is 30.6 Å². The van der Waals surface area contributed by atoms with Crippen LogP contribution in [0.1, 0.15) is 18.2 Å². The Hall–Kier alpha value is -3.22. The van der Waals surface area contributed by atoms with Gasteiger partial charge in [-0.1, -0.05) is 23.4 Å². The van der Waals surface area contributed by atoms with Gasteiger partial charge in [0.1, 0.15) is 5.75 Å². The number of carbonyl (C=O) groups is 1. The van der Waals surface area contributed by atoms with E-state index >= 15 is 0 Å². The molecule has 7 heteroatoms. The van der Waals surface area contributed by atoms with Gasteiger partial charge in [-0.25, -0.2) is 0 Å². The van der Waals surface area contributed by atoms with E-state index < -0.39 is 0 Å². The van der Waals surface area contributed by atoms with Crippen LogP contribution in [0.15, 0.2) is 59.4 Å². The van der Waals surface area contributed by atoms with Crippen LogP contribution < -0.4 is 4.74 Å². The summed E-state index contributed by atoms with van der Waals surface area (Å²) in [5, 5.41) is 4.09. The molecule has 0 N–H and O–H groups in total. The highest BCUT2D eigenvalue weighted by Gasteiger charge is 2.30. The molecule has 2 aromatic heterocycles. The molecule has 7 nitrogen and oxygen atoms in total. The molecule has 0 radical (unpaired) electrons. The molecule has 4 rings (SSSR count). The first-order valence-electron chi connectivity index (χ1n) is 8.49. The predicted molar refractivity (Wildman–Crippen MR) is 93.4 cm³/mol. The fourth-order valence-electron chi connectivity index (χ4n) is 2.96. The van der Waals surface area contributed by atoms with Crippen molar-refractivity contribution in [2.45, 2.75) is 12.3 Å². The number of para-hydroxylation sites is 1. The second-order valence-electron chi connectivity index (χ2n) is 6.12. The van der Waals surface area contributed by atoms with Gasteiger partial charge >= 0.3 is 0 Å². The lowest BCUT2D eigenvalue weighted by Crippen LogP contribution is -2.32. The summed E-state index contributed by atoms with van der Waals surface area (Å²) in [6.07, 6.45) is 4.18. The van der Waals surface area contributed by atoms with Crippen molar-refractivity contribution in [1.82, 2.24) is 20.0 Å². The lowest BCUT2D eigenvalue weighted by atomic mass is 10.1. The van der Waals surface area contributed by atoms with Gasteiger partial charge in [0.25, 0.3) is 11.8 Å². The Balaban J connectivity index is 1.35. The van der Waals surface area contributed by atoms with Crippen LogP contribution in [0.2, 0.25) is 0 Å². The number of rotatable bonds is 5. The standard InChI is InChI=1S/C19H18N4O3/c24-17(13-25-16-4-2-1-3-5-16)23-11-8-15(12-23)18-21-19(26-22-18)14-6-9-20-10-7-14/h1-7,9-10,15H,8,11-13H2. The van der Waals surface area contributed by atoms with Gasteiger partial charge in [-0.05, 0) is 30.7 Å². The number of benzene rings is 1. The first kappa shape index (κ1) is 16.3. The number of ether oxygens (including phenoxy) is 1. The van der Waals surface area contributed by atoms with Crippen molar-refractivity contribution >= 4 is 5.91 Å². The maximum Gasteiger partial charge on any atom is 0.260 e. The predicted octanol–water partition coefficient (Wildman–Crippen LogP) is 2.53. The lowest BCUT2D eigenvalue weighted by Gasteiger charge is -2.16. The molecule has 3 heterocycles. The summed E-state index contributed by atoms with van der Waals surface area (Å²) in [5.74, 6) is 1.84. The van der Waals surface area contributed by atoms with E-state index in [1.54, 1.807) is 17.3 Å². The van der Waals surface area contributed by atoms with E-state index in [0.717, 1.165) is 12.0 Å². The van der Waals surface area contributed by atoms with E-state index in [-0.39, 0.29) is 18.4 Å². The molecule has 132 valence electrons. The van der Waals surface area contributed by atoms with Gasteiger partial charge < -0.3 is 14.2 Å². The summed E-state index contributed by atoms with van der Waals surface area (Å²) in [5.41, 5.74) is 0.834. The van der Waals surface area contributed by atoms with Crippen molar-refractivity contribution < 1.29 is 14.1 Å². The smallest absolute Gasteiger partial charge is 0.260 e. The summed E-state index contributed by atoms with van der Waals surface area (Å²) < 4.78 is 10.9. The second-order valence-corrected chi connectivity index (χ2v) is 6.12. The first-order valence-corrected chi connectivity index (χ1v) is 8.49. The minimum atomic E-state index is -0.0331. The molecular weight excluding hydrogens is 332 g/mol. The molecule has 1 atom stereocenters. The van der Waals surface area contributed by atoms with Crippen molar-refractivity contribution in [3.63, 3.8) is 0 Å². The molecule has 1 aliphatic rings. The van der Waals surface area contributed by atoms with E-state index in [1.807, 2.05) is 42.5 Å². The SMILES string of the molecule is O=C(COc1ccccc1)N1CCC(c2noc(-c3ccncc3)n2)C1. The van der Waals surface area contributed by atoms with Gasteiger partial charge in [0.15, 0.2) is 12.4 Å². The fourth-order valence-corrected chi connectivity index (χ4v) is 2.96. The minimum Gasteiger partial charge on any atom is -0.484 e. The Morgan fingerprint density at radius 1 is 1.19 bits per heavy atom. The average molecular weight is 350 g/mol. The normalized spacial score (nSPS) is 16.6. The van der Waals surface area contributed by atoms with Gasteiger partial charge in [0.2, 0.25) is 0 Å². The van der Waals surface area contributed by atoms with Crippen molar-refractivity contribution in [3.05, 3.63) is 60.7 Å². The third-order valence-corrected chi connectivity index (χ3v) is 4.38. The number of amides is 1. The summed E-state index contributed by atoms with van der Waals surface area (Å²) in [7, 11) is 0. The number of nitrogens with zero attached hydrogens (tertiary/aromatic N) is 4. The van der Waals surface area contributed by atoms with E-state index in [4.69, 9.17) is 9.26 Å². The lowest BCUT2D eigenvalue weighted by molar-refractivity contribution is -0.132. The second kappa shape index (κ2) is 7.35. The maximum absolute atomic E-state index is 12.4. The van der Waals surface area contributed by atoms with Gasteiger partial charge in [-0.2, -0.15) is 4.98 Å². The Morgan fingerprint density at radius 3 is 2.81 bits per heavy atom. The van der Waals surface area contributed by atoms with Crippen molar-refractivity contribution in [3.8, 4) is 17.2 Å². The van der Waals surface area contributed by atoms with Gasteiger partial charge in [0, 0.05) is 37.0 Å². The number of carbonyl (C=O) groups excluding carboxylic acids is 1. The Morgan fingerprint density at radius 2 is 2.00 bits per heavy atom. The van der Waals surface area contributed by atoms with Crippen molar-refractivity contribution in [2.75, 3.05) is 19.7 Å². The van der Waals surface area contributed by atoms with Crippen LogP contribution in [-0.2, 0) is 4.79 Å². The highest BCUT2D eigenvalue weighted by Crippen LogP contribution is 2.27. The van der Waals surface area contributed by atoms with Crippen LogP contribution >= 0.6 is 0 Å². The average Bonchev–Trinajstić information content (AvgIpc) is 3.37. The van der Waals surface area contributed by atoms with Gasteiger partial charge in [-0.3, -0.25) is 9.78 Å². The third-order valence-electron chi connectivity index (χ3n) is 4.38. The third kappa shape index (κ3) is 3.56. The quantitative estimate of drug-likeness (QED) is 0.703. The summed E-state index contributed by atoms with van der Waals surface area (Å²) in [6, 6.07) is 13.0. The van der Waals surface area contributed by atoms with Crippen LogP contribution in [-0.4, -0.2) is 45.6 Å². The molecule has 3 aromatic rings. The first-order chi connectivity index (χ1) is 12.8. The molecule has 0 spiro atoms. The Bertz CT molecular complexity index is 867. The number of hydrogen-bond acceptors (Lipinski definition) is 6. The van der Waals surface area contributed by atoms with Gasteiger partial charge in [-0.15, -0.1) is 0 Å². The van der Waals surface area contributed by atoms with E-state index in [2.05, 4.69) is 15.1 Å². The highest BCUT2D eigenvalue weighted by molar-refractivity contribution is 5.78. The van der Waals surface area contributed by atoms with Crippen molar-refractivity contribution in [2.24, 2.45) is 0 Å². The Labute approximate surface area is 150 Å². The van der Waals surface area contributed by atoms with Crippen LogP contribution in [0.5, 0.6) is 5.75 Å². The highest BCUT2D eigenvalue weighted by atomic mass is 16.5. The number of pyridine rings is 1. The molecule has 0 bridgehead atoms. The molecule has 1 saturated heterocycles. The molecule has 1 aliphatic heterocycles. The van der Waals surface area contributed by atoms with Gasteiger partial charge in [0.05, 0.1) is 0 Å². The molecule has 1 amide bonds. The van der Waals surface area contributed by atoms with Crippen LogP contribution in [0.4, 0.5) is 0 Å². The van der Waals surface area contributed by atoms with E-state index in [1.165, 1.54) is 0 Å². The zero-order valence-corrected chi connectivity index (χ0v) is 14.1. The molecule has 1 unspecified atom stereocenters. The van der Waals surface area contributed by atoms with Crippen LogP contribution in [0.3, 0.4) is 0 Å². The number of likely N-dealkylation sites (tertiary alicyclic amines) is 1. The summed E-state index contributed by atoms with van der Waals surface area (Å²) >= 11 is 0. The zero-order chi connectivity index (χ0) is 17.8. The largest absolute Gasteiger partial charge is 0.484 e. The van der Waals surface area contributed by atoms with Crippen LogP contribution in [0.25, 0.3) is 11.5 Å². The molecule has 1 fully saturated rings.